The third-order valence-electron chi connectivity index (χ3n) is 4.47. The number of halogens is 2. The van der Waals surface area contributed by atoms with Crippen LogP contribution in [0.5, 0.6) is 0 Å². The fraction of sp³-hybridized carbons (Fsp3) is 0.350. The van der Waals surface area contributed by atoms with Crippen molar-refractivity contribution in [1.82, 2.24) is 4.90 Å². The number of nitrogens with zero attached hydrogens (tertiary/aromatic N) is 1. The van der Waals surface area contributed by atoms with Gasteiger partial charge in [-0.05, 0) is 11.6 Å². The minimum absolute atomic E-state index is 0.0766. The maximum absolute atomic E-state index is 12.8. The van der Waals surface area contributed by atoms with Crippen molar-refractivity contribution in [3.05, 3.63) is 59.5 Å². The third kappa shape index (κ3) is 5.06. The molecule has 30 heavy (non-hydrogen) atoms. The van der Waals surface area contributed by atoms with Gasteiger partial charge in [-0.1, -0.05) is 53.5 Å². The van der Waals surface area contributed by atoms with Gasteiger partial charge in [0, 0.05) is 18.2 Å². The minimum Gasteiger partial charge on any atom is -0.472 e. The lowest BCUT2D eigenvalue weighted by Gasteiger charge is -2.39. The van der Waals surface area contributed by atoms with Crippen LogP contribution in [0.4, 0.5) is 0 Å². The van der Waals surface area contributed by atoms with Crippen molar-refractivity contribution >= 4 is 41.1 Å². The number of hydrogen-bond acceptors (Lipinski definition) is 8. The van der Waals surface area contributed by atoms with Gasteiger partial charge in [0.15, 0.2) is 12.3 Å². The molecule has 8 nitrogen and oxygen atoms in total. The van der Waals surface area contributed by atoms with Crippen LogP contribution >= 0.6 is 23.2 Å². The zero-order valence-corrected chi connectivity index (χ0v) is 17.5. The van der Waals surface area contributed by atoms with Gasteiger partial charge in [-0.3, -0.25) is 0 Å². The number of fused-ring (bicyclic) bond motifs is 1. The second-order valence-electron chi connectivity index (χ2n) is 6.38. The summed E-state index contributed by atoms with van der Waals surface area (Å²) in [6.45, 7) is -0.115. The zero-order chi connectivity index (χ0) is 21.7. The first-order chi connectivity index (χ1) is 14.4. The van der Waals surface area contributed by atoms with Crippen molar-refractivity contribution < 1.29 is 33.3 Å². The molecule has 0 spiro atoms. The SMILES string of the molecule is COC(=O)C=C1C[C@H]2OC(=CCOC(=O)C(Cl)Cl)[C@H](C(=O)OCc3ccccc3)N12. The summed E-state index contributed by atoms with van der Waals surface area (Å²) in [4.78, 5) is 36.2. The summed E-state index contributed by atoms with van der Waals surface area (Å²) in [5.41, 5.74) is 1.40. The van der Waals surface area contributed by atoms with Crippen LogP contribution < -0.4 is 0 Å². The van der Waals surface area contributed by atoms with Gasteiger partial charge in [0.1, 0.15) is 19.0 Å². The summed E-state index contributed by atoms with van der Waals surface area (Å²) in [6.07, 6.45) is 2.72. The van der Waals surface area contributed by atoms with Gasteiger partial charge in [-0.25, -0.2) is 14.4 Å². The number of benzene rings is 1. The van der Waals surface area contributed by atoms with Gasteiger partial charge in [0.2, 0.25) is 4.84 Å². The number of methoxy groups -OCH3 is 1. The first kappa shape index (κ1) is 22.0. The second-order valence-corrected chi connectivity index (χ2v) is 7.47. The van der Waals surface area contributed by atoms with E-state index in [-0.39, 0.29) is 19.0 Å². The molecule has 2 atom stereocenters. The van der Waals surface area contributed by atoms with Crippen LogP contribution in [0.3, 0.4) is 0 Å². The Bertz CT molecular complexity index is 869. The van der Waals surface area contributed by atoms with Crippen molar-refractivity contribution in [2.45, 2.75) is 30.1 Å². The number of carbonyl (C=O) groups excluding carboxylic acids is 3. The molecule has 0 bridgehead atoms. The smallest absolute Gasteiger partial charge is 0.339 e. The Hall–Kier alpha value is -2.71. The second kappa shape index (κ2) is 9.86. The highest BCUT2D eigenvalue weighted by Gasteiger charge is 2.52. The number of ether oxygens (including phenoxy) is 4. The summed E-state index contributed by atoms with van der Waals surface area (Å²) >= 11 is 10.9. The van der Waals surface area contributed by atoms with E-state index in [4.69, 9.17) is 37.4 Å². The van der Waals surface area contributed by atoms with Crippen molar-refractivity contribution in [2.75, 3.05) is 13.7 Å². The Morgan fingerprint density at radius 3 is 2.63 bits per heavy atom. The number of rotatable bonds is 7. The summed E-state index contributed by atoms with van der Waals surface area (Å²) in [5, 5.41) is 0. The van der Waals surface area contributed by atoms with Crippen LogP contribution in [0.2, 0.25) is 0 Å². The van der Waals surface area contributed by atoms with E-state index < -0.39 is 35.0 Å². The molecule has 2 saturated heterocycles. The molecule has 2 aliphatic rings. The minimum atomic E-state index is -1.31. The predicted octanol–water partition coefficient (Wildman–Crippen LogP) is 2.45. The van der Waals surface area contributed by atoms with Crippen molar-refractivity contribution in [3.63, 3.8) is 0 Å². The monoisotopic (exact) mass is 455 g/mol. The maximum Gasteiger partial charge on any atom is 0.339 e. The molecule has 2 fully saturated rings. The summed E-state index contributed by atoms with van der Waals surface area (Å²) in [7, 11) is 1.27. The molecule has 0 unspecified atom stereocenters. The maximum atomic E-state index is 12.8. The fourth-order valence-electron chi connectivity index (χ4n) is 3.04. The highest BCUT2D eigenvalue weighted by molar-refractivity contribution is 6.52. The predicted molar refractivity (Wildman–Crippen MR) is 106 cm³/mol. The van der Waals surface area contributed by atoms with E-state index in [9.17, 15) is 14.4 Å². The van der Waals surface area contributed by atoms with Crippen molar-refractivity contribution in [3.8, 4) is 0 Å². The zero-order valence-electron chi connectivity index (χ0n) is 16.0. The molecular weight excluding hydrogens is 437 g/mol. The Balaban J connectivity index is 1.74. The van der Waals surface area contributed by atoms with Crippen LogP contribution in [0.1, 0.15) is 12.0 Å². The lowest BCUT2D eigenvalue weighted by Crippen LogP contribution is -2.49. The van der Waals surface area contributed by atoms with Gasteiger partial charge in [0.05, 0.1) is 7.11 Å². The van der Waals surface area contributed by atoms with E-state index >= 15 is 0 Å². The number of hydrogen-bond donors (Lipinski definition) is 0. The van der Waals surface area contributed by atoms with Crippen molar-refractivity contribution in [1.29, 1.82) is 0 Å². The fourth-order valence-corrected chi connectivity index (χ4v) is 3.16. The molecule has 160 valence electrons. The average Bonchev–Trinajstić information content (AvgIpc) is 3.02. The van der Waals surface area contributed by atoms with E-state index in [0.29, 0.717) is 12.1 Å². The highest BCUT2D eigenvalue weighted by Crippen LogP contribution is 2.43. The Kier molecular flexibility index (Phi) is 7.23. The van der Waals surface area contributed by atoms with Crippen LogP contribution in [0.15, 0.2) is 53.9 Å². The van der Waals surface area contributed by atoms with Gasteiger partial charge in [0.25, 0.3) is 0 Å². The van der Waals surface area contributed by atoms with E-state index in [1.54, 1.807) is 4.90 Å². The molecule has 0 amide bonds. The van der Waals surface area contributed by atoms with Crippen LogP contribution in [-0.4, -0.2) is 53.6 Å². The molecular formula is C20H19Cl2NO7. The number of esters is 3. The van der Waals surface area contributed by atoms with E-state index in [2.05, 4.69) is 4.74 Å². The van der Waals surface area contributed by atoms with Gasteiger partial charge < -0.3 is 23.8 Å². The van der Waals surface area contributed by atoms with Gasteiger partial charge in [-0.2, -0.15) is 0 Å². The molecule has 0 aliphatic carbocycles. The van der Waals surface area contributed by atoms with E-state index in [1.807, 2.05) is 30.3 Å². The van der Waals surface area contributed by atoms with Crippen LogP contribution in [0, 0.1) is 0 Å². The van der Waals surface area contributed by atoms with Crippen LogP contribution in [-0.2, 0) is 39.9 Å². The standard InChI is InChI=1S/C20H19Cl2NO7/c1-27-16(24)10-13-9-15-23(13)17(14(30-15)7-8-28-20(26)18(21)22)19(25)29-11-12-5-3-2-4-6-12/h2-7,10,15,17-18H,8-9,11H2,1H3/t15-,17-/m1/s1. The normalized spacial score (nSPS) is 22.3. The third-order valence-corrected chi connectivity index (χ3v) is 4.82. The molecule has 1 aromatic rings. The number of alkyl halides is 2. The lowest BCUT2D eigenvalue weighted by atomic mass is 10.0. The van der Waals surface area contributed by atoms with Gasteiger partial charge in [-0.15, -0.1) is 0 Å². The molecule has 1 aromatic carbocycles. The largest absolute Gasteiger partial charge is 0.472 e. The first-order valence-electron chi connectivity index (χ1n) is 8.99. The van der Waals surface area contributed by atoms with Crippen LogP contribution in [0.25, 0.3) is 0 Å². The molecule has 0 N–H and O–H groups in total. The lowest BCUT2D eigenvalue weighted by molar-refractivity contribution is -0.150. The van der Waals surface area contributed by atoms with Gasteiger partial charge >= 0.3 is 17.9 Å². The molecule has 0 saturated carbocycles. The molecule has 10 heteroatoms. The summed E-state index contributed by atoms with van der Waals surface area (Å²) in [6, 6.07) is 8.27. The van der Waals surface area contributed by atoms with E-state index in [0.717, 1.165) is 5.56 Å². The first-order valence-corrected chi connectivity index (χ1v) is 9.87. The number of carbonyl (C=O) groups is 3. The quantitative estimate of drug-likeness (QED) is 0.268. The Morgan fingerprint density at radius 1 is 1.23 bits per heavy atom. The molecule has 0 radical (unpaired) electrons. The Morgan fingerprint density at radius 2 is 1.97 bits per heavy atom. The van der Waals surface area contributed by atoms with E-state index in [1.165, 1.54) is 19.3 Å². The summed E-state index contributed by atoms with van der Waals surface area (Å²) < 4.78 is 20.8. The molecule has 0 aromatic heterocycles. The Labute approximate surface area is 182 Å². The summed E-state index contributed by atoms with van der Waals surface area (Å²) in [5.74, 6) is -1.67. The molecule has 3 rings (SSSR count). The van der Waals surface area contributed by atoms with Crippen molar-refractivity contribution in [2.24, 2.45) is 0 Å². The highest BCUT2D eigenvalue weighted by atomic mass is 35.5. The molecule has 2 aliphatic heterocycles. The average molecular weight is 456 g/mol. The molecule has 2 heterocycles. The topological polar surface area (TPSA) is 91.4 Å².